The Labute approximate surface area is 202 Å². The number of nitriles is 1. The predicted octanol–water partition coefficient (Wildman–Crippen LogP) is 3.68. The number of halogens is 1. The van der Waals surface area contributed by atoms with Crippen LogP contribution < -0.4 is 16.4 Å². The first-order chi connectivity index (χ1) is 15.7. The van der Waals surface area contributed by atoms with E-state index >= 15 is 4.39 Å². The fourth-order valence-electron chi connectivity index (χ4n) is 3.79. The Kier molecular flexibility index (Phi) is 6.71. The van der Waals surface area contributed by atoms with Crippen molar-refractivity contribution in [3.8, 4) is 6.07 Å². The number of nitrogens with two attached hydrogens (primary N) is 1. The van der Waals surface area contributed by atoms with E-state index in [4.69, 9.17) is 11.0 Å². The average molecular weight is 483 g/mol. The van der Waals surface area contributed by atoms with Gasteiger partial charge in [-0.05, 0) is 65.0 Å². The second kappa shape index (κ2) is 9.06. The molecule has 178 valence electrons. The number of benzene rings is 1. The van der Waals surface area contributed by atoms with Gasteiger partial charge in [0.1, 0.15) is 22.3 Å². The smallest absolute Gasteiger partial charge is 0.274 e. The maximum Gasteiger partial charge on any atom is 0.274 e. The van der Waals surface area contributed by atoms with Gasteiger partial charge in [0.25, 0.3) is 5.91 Å². The van der Waals surface area contributed by atoms with Gasteiger partial charge in [0, 0.05) is 29.4 Å². The SMILES string of the molecule is CC(C)(C)NC(=O)[C@@]1(C)C[C@@](C)(c2cc(NC(=O)c3ccc(C#N)cn3)ccc2F)N=C(N)S1. The topological polar surface area (TPSA) is 133 Å². The molecule has 0 unspecified atom stereocenters. The second-order valence-electron chi connectivity index (χ2n) is 9.63. The van der Waals surface area contributed by atoms with Crippen LogP contribution in [0.1, 0.15) is 62.7 Å². The highest BCUT2D eigenvalue weighted by atomic mass is 32.2. The Morgan fingerprint density at radius 3 is 2.53 bits per heavy atom. The van der Waals surface area contributed by atoms with E-state index in [-0.39, 0.29) is 28.8 Å². The molecule has 2 amide bonds. The minimum Gasteiger partial charge on any atom is -0.378 e. The van der Waals surface area contributed by atoms with Gasteiger partial charge < -0.3 is 16.4 Å². The van der Waals surface area contributed by atoms with Gasteiger partial charge in [-0.2, -0.15) is 5.26 Å². The largest absolute Gasteiger partial charge is 0.378 e. The zero-order valence-electron chi connectivity index (χ0n) is 19.7. The van der Waals surface area contributed by atoms with Crippen LogP contribution in [0.4, 0.5) is 10.1 Å². The number of hydrogen-bond donors (Lipinski definition) is 3. The Morgan fingerprint density at radius 2 is 1.94 bits per heavy atom. The molecule has 1 aliphatic heterocycles. The van der Waals surface area contributed by atoms with E-state index in [1.54, 1.807) is 13.8 Å². The van der Waals surface area contributed by atoms with Crippen LogP contribution in [-0.4, -0.2) is 32.3 Å². The molecule has 0 radical (unpaired) electrons. The second-order valence-corrected chi connectivity index (χ2v) is 11.2. The van der Waals surface area contributed by atoms with Gasteiger partial charge in [0.15, 0.2) is 5.17 Å². The van der Waals surface area contributed by atoms with E-state index in [9.17, 15) is 9.59 Å². The Morgan fingerprint density at radius 1 is 1.24 bits per heavy atom. The third kappa shape index (κ3) is 5.54. The number of nitrogens with zero attached hydrogens (tertiary/aromatic N) is 3. The number of pyridine rings is 1. The van der Waals surface area contributed by atoms with Crippen LogP contribution in [0.2, 0.25) is 0 Å². The lowest BCUT2D eigenvalue weighted by Gasteiger charge is -2.41. The molecular weight excluding hydrogens is 455 g/mol. The highest BCUT2D eigenvalue weighted by Crippen LogP contribution is 2.46. The minimum absolute atomic E-state index is 0.110. The molecule has 0 spiro atoms. The zero-order chi connectivity index (χ0) is 25.3. The Bertz CT molecular complexity index is 1200. The van der Waals surface area contributed by atoms with Crippen molar-refractivity contribution in [2.75, 3.05) is 5.32 Å². The lowest BCUT2D eigenvalue weighted by Crippen LogP contribution is -2.54. The summed E-state index contributed by atoms with van der Waals surface area (Å²) < 4.78 is 14.0. The molecular formula is C24H27FN6O2S. The van der Waals surface area contributed by atoms with Crippen molar-refractivity contribution in [2.24, 2.45) is 10.7 Å². The van der Waals surface area contributed by atoms with Gasteiger partial charge >= 0.3 is 0 Å². The number of anilines is 1. The van der Waals surface area contributed by atoms with Gasteiger partial charge in [0.2, 0.25) is 5.91 Å². The van der Waals surface area contributed by atoms with E-state index < -0.39 is 27.5 Å². The molecule has 0 saturated heterocycles. The standard InChI is InChI=1S/C24H27FN6O2S/c1-22(2,3)30-20(33)24(5)13-23(4,31-21(27)34-24)16-10-15(7-8-17(16)25)29-19(32)18-9-6-14(11-26)12-28-18/h6-10,12H,13H2,1-5H3,(H2,27,31)(H,29,32)(H,30,33)/t23-,24+/m0/s1. The normalized spacial score (nSPS) is 22.3. The highest BCUT2D eigenvalue weighted by Gasteiger charge is 2.48. The van der Waals surface area contributed by atoms with Crippen LogP contribution in [0.25, 0.3) is 0 Å². The molecule has 4 N–H and O–H groups in total. The van der Waals surface area contributed by atoms with Crippen LogP contribution in [0, 0.1) is 17.1 Å². The molecule has 2 aromatic rings. The van der Waals surface area contributed by atoms with Crippen LogP contribution in [0.3, 0.4) is 0 Å². The number of aliphatic imine (C=N–C) groups is 1. The molecule has 34 heavy (non-hydrogen) atoms. The van der Waals surface area contributed by atoms with Crippen molar-refractivity contribution in [1.29, 1.82) is 5.26 Å². The molecule has 0 aliphatic carbocycles. The summed E-state index contributed by atoms with van der Waals surface area (Å²) in [7, 11) is 0. The summed E-state index contributed by atoms with van der Waals surface area (Å²) in [5.41, 5.74) is 5.49. The maximum atomic E-state index is 15.0. The number of rotatable bonds is 4. The molecule has 2 atom stereocenters. The van der Waals surface area contributed by atoms with Gasteiger partial charge in [-0.3, -0.25) is 14.6 Å². The van der Waals surface area contributed by atoms with Crippen LogP contribution in [0.15, 0.2) is 41.5 Å². The highest BCUT2D eigenvalue weighted by molar-refractivity contribution is 8.15. The minimum atomic E-state index is -1.14. The summed E-state index contributed by atoms with van der Waals surface area (Å²) in [6, 6.07) is 9.02. The monoisotopic (exact) mass is 482 g/mol. The van der Waals surface area contributed by atoms with E-state index in [1.165, 1.54) is 36.5 Å². The number of amides is 2. The summed E-state index contributed by atoms with van der Waals surface area (Å²) in [4.78, 5) is 34.1. The number of hydrogen-bond acceptors (Lipinski definition) is 7. The number of thioether (sulfide) groups is 1. The number of aromatic nitrogens is 1. The third-order valence-electron chi connectivity index (χ3n) is 5.27. The van der Waals surface area contributed by atoms with E-state index in [0.717, 1.165) is 11.8 Å². The first-order valence-corrected chi connectivity index (χ1v) is 11.4. The summed E-state index contributed by atoms with van der Waals surface area (Å²) in [6.07, 6.45) is 1.49. The lowest BCUT2D eigenvalue weighted by atomic mass is 9.82. The summed E-state index contributed by atoms with van der Waals surface area (Å²) >= 11 is 1.15. The quantitative estimate of drug-likeness (QED) is 0.609. The number of carbonyl (C=O) groups is 2. The van der Waals surface area contributed by atoms with Crippen LogP contribution in [-0.2, 0) is 10.3 Å². The molecule has 0 saturated carbocycles. The molecule has 8 nitrogen and oxygen atoms in total. The fourth-order valence-corrected chi connectivity index (χ4v) is 5.00. The number of amidine groups is 1. The maximum absolute atomic E-state index is 15.0. The van der Waals surface area contributed by atoms with Crippen molar-refractivity contribution in [1.82, 2.24) is 10.3 Å². The molecule has 1 aromatic carbocycles. The van der Waals surface area contributed by atoms with E-state index in [2.05, 4.69) is 20.6 Å². The predicted molar refractivity (Wildman–Crippen MR) is 131 cm³/mol. The molecule has 3 rings (SSSR count). The summed E-state index contributed by atoms with van der Waals surface area (Å²) in [5, 5.41) is 14.7. The summed E-state index contributed by atoms with van der Waals surface area (Å²) in [5.74, 6) is -1.26. The molecule has 2 heterocycles. The first kappa shape index (κ1) is 25.2. The number of nitrogens with one attached hydrogen (secondary N) is 2. The van der Waals surface area contributed by atoms with Crippen LogP contribution >= 0.6 is 11.8 Å². The average Bonchev–Trinajstić information content (AvgIpc) is 2.73. The Hall–Kier alpha value is -3.45. The van der Waals surface area contributed by atoms with Crippen molar-refractivity contribution in [2.45, 2.75) is 56.9 Å². The molecule has 0 fully saturated rings. The molecule has 1 aromatic heterocycles. The van der Waals surface area contributed by atoms with Crippen molar-refractivity contribution < 1.29 is 14.0 Å². The van der Waals surface area contributed by atoms with Gasteiger partial charge in [0.05, 0.1) is 11.1 Å². The van der Waals surface area contributed by atoms with Gasteiger partial charge in [-0.1, -0.05) is 11.8 Å². The van der Waals surface area contributed by atoms with Gasteiger partial charge in [-0.25, -0.2) is 9.37 Å². The van der Waals surface area contributed by atoms with Crippen molar-refractivity contribution in [3.63, 3.8) is 0 Å². The van der Waals surface area contributed by atoms with Gasteiger partial charge in [-0.15, -0.1) is 0 Å². The first-order valence-electron chi connectivity index (χ1n) is 10.6. The Balaban J connectivity index is 1.91. The van der Waals surface area contributed by atoms with Crippen molar-refractivity contribution in [3.05, 3.63) is 59.2 Å². The molecule has 0 bridgehead atoms. The number of carbonyl (C=O) groups excluding carboxylic acids is 2. The van der Waals surface area contributed by atoms with E-state index in [1.807, 2.05) is 26.8 Å². The molecule has 10 heteroatoms. The molecule has 1 aliphatic rings. The lowest BCUT2D eigenvalue weighted by molar-refractivity contribution is -0.125. The third-order valence-corrected chi connectivity index (χ3v) is 6.35. The van der Waals surface area contributed by atoms with Crippen molar-refractivity contribution >= 4 is 34.4 Å². The van der Waals surface area contributed by atoms with Crippen LogP contribution in [0.5, 0.6) is 0 Å². The fraction of sp³-hybridized carbons (Fsp3) is 0.375. The zero-order valence-corrected chi connectivity index (χ0v) is 20.5. The summed E-state index contributed by atoms with van der Waals surface area (Å²) in [6.45, 7) is 9.12. The van der Waals surface area contributed by atoms with E-state index in [0.29, 0.717) is 11.3 Å².